The van der Waals surface area contributed by atoms with Crippen molar-refractivity contribution < 1.29 is 64.0 Å². The lowest BCUT2D eigenvalue weighted by molar-refractivity contribution is -0.318. The van der Waals surface area contributed by atoms with Crippen LogP contribution >= 0.6 is 0 Å². The fourth-order valence-corrected chi connectivity index (χ4v) is 3.33. The molecule has 0 aromatic rings. The number of carboxylic acids is 2. The number of aliphatic carboxylic acids is 2. The van der Waals surface area contributed by atoms with Gasteiger partial charge in [-0.2, -0.15) is 0 Å². The maximum Gasteiger partial charge on any atom is 0.335 e. The van der Waals surface area contributed by atoms with Gasteiger partial charge in [-0.05, 0) is 0 Å². The summed E-state index contributed by atoms with van der Waals surface area (Å²) in [5, 5.41) is 63.7. The number of carbonyl (C=O) groups excluding carboxylic acids is 2. The Morgan fingerprint density at radius 1 is 0.742 bits per heavy atom. The van der Waals surface area contributed by atoms with Gasteiger partial charge in [0.1, 0.15) is 36.5 Å². The Hall–Kier alpha value is -2.40. The summed E-state index contributed by atoms with van der Waals surface area (Å²) in [6, 6.07) is -3.11. The van der Waals surface area contributed by atoms with Crippen molar-refractivity contribution in [2.75, 3.05) is 0 Å². The highest BCUT2D eigenvalue weighted by molar-refractivity contribution is 5.75. The van der Waals surface area contributed by atoms with Gasteiger partial charge >= 0.3 is 11.9 Å². The highest BCUT2D eigenvalue weighted by atomic mass is 16.7. The SMILES string of the molecule is CC(=O)N[C@H]1[C@H](O[C@H]2[C@H](O)[C@@H](NC(C)=O)C(O)O[C@@H]2C(=O)O)O[C@H](C(=O)O)[C@H](O)[C@@H]1O. The Balaban J connectivity index is 2.37. The zero-order chi connectivity index (χ0) is 23.6. The van der Waals surface area contributed by atoms with Crippen LogP contribution in [0.2, 0.25) is 0 Å². The normalized spacial score (nSPS) is 40.6. The molecule has 10 atom stereocenters. The summed E-state index contributed by atoms with van der Waals surface area (Å²) >= 11 is 0. The molecule has 0 bridgehead atoms. The van der Waals surface area contributed by atoms with Crippen LogP contribution in [0, 0.1) is 0 Å². The number of aliphatic hydroxyl groups excluding tert-OH is 4. The summed E-state index contributed by atoms with van der Waals surface area (Å²) in [5.41, 5.74) is 0. The van der Waals surface area contributed by atoms with E-state index in [0.717, 1.165) is 13.8 Å². The van der Waals surface area contributed by atoms with Gasteiger partial charge in [-0.15, -0.1) is 0 Å². The van der Waals surface area contributed by atoms with Crippen LogP contribution < -0.4 is 10.6 Å². The van der Waals surface area contributed by atoms with Gasteiger partial charge in [0, 0.05) is 13.8 Å². The quantitative estimate of drug-likeness (QED) is 0.189. The van der Waals surface area contributed by atoms with E-state index in [9.17, 15) is 49.8 Å². The van der Waals surface area contributed by atoms with E-state index in [1.54, 1.807) is 0 Å². The van der Waals surface area contributed by atoms with Crippen molar-refractivity contribution in [1.82, 2.24) is 10.6 Å². The lowest BCUT2D eigenvalue weighted by atomic mass is 9.94. The number of amides is 2. The van der Waals surface area contributed by atoms with Crippen molar-refractivity contribution >= 4 is 23.8 Å². The van der Waals surface area contributed by atoms with Crippen LogP contribution in [0.1, 0.15) is 13.8 Å². The summed E-state index contributed by atoms with van der Waals surface area (Å²) in [6.07, 6.45) is -15.5. The van der Waals surface area contributed by atoms with Crippen molar-refractivity contribution in [2.24, 2.45) is 0 Å². The van der Waals surface area contributed by atoms with E-state index in [-0.39, 0.29) is 0 Å². The number of ether oxygens (including phenoxy) is 3. The first-order chi connectivity index (χ1) is 14.3. The second-order valence-electron chi connectivity index (χ2n) is 7.07. The number of aliphatic hydroxyl groups is 4. The Morgan fingerprint density at radius 2 is 1.26 bits per heavy atom. The third-order valence-electron chi connectivity index (χ3n) is 4.72. The van der Waals surface area contributed by atoms with Crippen molar-refractivity contribution in [2.45, 2.75) is 75.1 Å². The first-order valence-corrected chi connectivity index (χ1v) is 9.03. The lowest BCUT2D eigenvalue weighted by Gasteiger charge is -2.46. The lowest BCUT2D eigenvalue weighted by Crippen LogP contribution is -2.69. The highest BCUT2D eigenvalue weighted by Gasteiger charge is 2.54. The fourth-order valence-electron chi connectivity index (χ4n) is 3.33. The molecule has 2 heterocycles. The molecule has 2 aliphatic heterocycles. The summed E-state index contributed by atoms with van der Waals surface area (Å²) in [4.78, 5) is 45.7. The molecule has 2 saturated heterocycles. The smallest absolute Gasteiger partial charge is 0.335 e. The minimum atomic E-state index is -2.02. The van der Waals surface area contributed by atoms with E-state index in [1.165, 1.54) is 0 Å². The molecule has 15 heteroatoms. The average molecular weight is 452 g/mol. The largest absolute Gasteiger partial charge is 0.479 e. The van der Waals surface area contributed by atoms with Gasteiger partial charge in [0.25, 0.3) is 0 Å². The van der Waals surface area contributed by atoms with Crippen LogP contribution in [-0.2, 0) is 33.4 Å². The van der Waals surface area contributed by atoms with E-state index in [4.69, 9.17) is 14.2 Å². The first-order valence-electron chi connectivity index (χ1n) is 9.03. The highest BCUT2D eigenvalue weighted by Crippen LogP contribution is 2.29. The molecule has 0 aromatic carbocycles. The van der Waals surface area contributed by atoms with Crippen LogP contribution in [0.3, 0.4) is 0 Å². The Bertz CT molecular complexity index is 718. The molecular weight excluding hydrogens is 428 g/mol. The van der Waals surface area contributed by atoms with E-state index < -0.39 is 85.0 Å². The molecule has 0 spiro atoms. The minimum absolute atomic E-state index is 0.700. The molecule has 0 aromatic heterocycles. The Labute approximate surface area is 174 Å². The molecular formula is C16H24N2O13. The van der Waals surface area contributed by atoms with Gasteiger partial charge in [-0.1, -0.05) is 0 Å². The molecule has 2 fully saturated rings. The number of hydrogen-bond donors (Lipinski definition) is 8. The first kappa shape index (κ1) is 24.9. The van der Waals surface area contributed by atoms with Gasteiger partial charge < -0.3 is 55.5 Å². The topological polar surface area (TPSA) is 241 Å². The molecule has 0 radical (unpaired) electrons. The number of carbonyl (C=O) groups is 4. The van der Waals surface area contributed by atoms with Crippen LogP contribution in [0.4, 0.5) is 0 Å². The van der Waals surface area contributed by atoms with E-state index in [0.29, 0.717) is 0 Å². The summed E-state index contributed by atoms with van der Waals surface area (Å²) in [6.45, 7) is 2.10. The Kier molecular flexibility index (Phi) is 7.87. The molecule has 8 N–H and O–H groups in total. The summed E-state index contributed by atoms with van der Waals surface area (Å²) in [5.74, 6) is -4.81. The standard InChI is InChI=1S/C16H24N2O13/c1-3(19)17-5-8(22)10(12(14(26)27)29-15(5)28)30-16-6(18-4(2)20)7(21)9(23)11(31-16)13(24)25/h5-12,15-16,21-23,28H,1-2H3,(H,17,19)(H,18,20)(H,24,25)(H,26,27)/t5-,6-,7-,8-,9-,10+,11+,12+,15?,16-/m1/s1. The fraction of sp³-hybridized carbons (Fsp3) is 0.750. The molecule has 176 valence electrons. The van der Waals surface area contributed by atoms with Crippen molar-refractivity contribution in [3.63, 3.8) is 0 Å². The predicted octanol–water partition coefficient (Wildman–Crippen LogP) is -4.92. The summed E-state index contributed by atoms with van der Waals surface area (Å²) in [7, 11) is 0. The van der Waals surface area contributed by atoms with Crippen molar-refractivity contribution in [1.29, 1.82) is 0 Å². The van der Waals surface area contributed by atoms with Crippen LogP contribution in [0.5, 0.6) is 0 Å². The molecule has 0 saturated carbocycles. The van der Waals surface area contributed by atoms with Crippen molar-refractivity contribution in [3.05, 3.63) is 0 Å². The maximum atomic E-state index is 11.6. The second kappa shape index (κ2) is 9.82. The average Bonchev–Trinajstić information content (AvgIpc) is 2.65. The van der Waals surface area contributed by atoms with E-state index in [2.05, 4.69) is 10.6 Å². The molecule has 2 rings (SSSR count). The monoisotopic (exact) mass is 452 g/mol. The van der Waals surface area contributed by atoms with Gasteiger partial charge in [0.2, 0.25) is 11.8 Å². The number of carboxylic acid groups (broad SMARTS) is 2. The van der Waals surface area contributed by atoms with Crippen LogP contribution in [0.25, 0.3) is 0 Å². The van der Waals surface area contributed by atoms with Crippen LogP contribution in [-0.4, -0.2) is 116 Å². The third kappa shape index (κ3) is 5.45. The molecule has 0 aliphatic carbocycles. The molecule has 1 unspecified atom stereocenters. The number of hydrogen-bond acceptors (Lipinski definition) is 11. The zero-order valence-corrected chi connectivity index (χ0v) is 16.3. The molecule has 2 amide bonds. The second-order valence-corrected chi connectivity index (χ2v) is 7.07. The van der Waals surface area contributed by atoms with Crippen molar-refractivity contribution in [3.8, 4) is 0 Å². The van der Waals surface area contributed by atoms with E-state index >= 15 is 0 Å². The van der Waals surface area contributed by atoms with Gasteiger partial charge in [0.05, 0.1) is 0 Å². The Morgan fingerprint density at radius 3 is 1.74 bits per heavy atom. The van der Waals surface area contributed by atoms with Crippen LogP contribution in [0.15, 0.2) is 0 Å². The summed E-state index contributed by atoms with van der Waals surface area (Å²) < 4.78 is 15.4. The van der Waals surface area contributed by atoms with Gasteiger partial charge in [0.15, 0.2) is 24.8 Å². The third-order valence-corrected chi connectivity index (χ3v) is 4.72. The number of nitrogens with one attached hydrogen (secondary N) is 2. The van der Waals surface area contributed by atoms with E-state index in [1.807, 2.05) is 0 Å². The minimum Gasteiger partial charge on any atom is -0.479 e. The molecule has 15 nitrogen and oxygen atoms in total. The van der Waals surface area contributed by atoms with Gasteiger partial charge in [-0.3, -0.25) is 9.59 Å². The maximum absolute atomic E-state index is 11.6. The number of rotatable bonds is 6. The predicted molar refractivity (Wildman–Crippen MR) is 92.9 cm³/mol. The zero-order valence-electron chi connectivity index (χ0n) is 16.3. The molecule has 2 aliphatic rings. The van der Waals surface area contributed by atoms with Gasteiger partial charge in [-0.25, -0.2) is 9.59 Å². The molecule has 31 heavy (non-hydrogen) atoms.